The van der Waals surface area contributed by atoms with Gasteiger partial charge in [-0.05, 0) is 23.1 Å². The third kappa shape index (κ3) is 3.57. The number of aromatic nitrogens is 4. The highest BCUT2D eigenvalue weighted by Gasteiger charge is 2.09. The number of amides is 1. The molecule has 7 nitrogen and oxygen atoms in total. The first-order chi connectivity index (χ1) is 12.7. The Labute approximate surface area is 153 Å². The standard InChI is InChI=1S/C18H14ClN5O2/c19-16-7-15(26-24-16)3-4-18(25)23-17-6-13-5-11(14-9-21-22-10-14)1-2-12(13)8-20-17/h1-2,5-10H,3-4H2,(H,21,22)(H,20,23,25). The van der Waals surface area contributed by atoms with Crippen molar-refractivity contribution in [1.82, 2.24) is 20.3 Å². The van der Waals surface area contributed by atoms with Crippen molar-refractivity contribution in [3.63, 3.8) is 0 Å². The summed E-state index contributed by atoms with van der Waals surface area (Å²) < 4.78 is 4.99. The summed E-state index contributed by atoms with van der Waals surface area (Å²) in [7, 11) is 0. The maximum atomic E-state index is 12.1. The largest absolute Gasteiger partial charge is 0.360 e. The van der Waals surface area contributed by atoms with Crippen LogP contribution in [0.15, 0.2) is 53.4 Å². The number of anilines is 1. The van der Waals surface area contributed by atoms with Crippen LogP contribution in [0.25, 0.3) is 21.9 Å². The van der Waals surface area contributed by atoms with E-state index in [2.05, 4.69) is 25.7 Å². The lowest BCUT2D eigenvalue weighted by Gasteiger charge is -2.06. The summed E-state index contributed by atoms with van der Waals surface area (Å²) in [5.74, 6) is 0.916. The first kappa shape index (κ1) is 16.3. The van der Waals surface area contributed by atoms with E-state index in [9.17, 15) is 4.79 Å². The monoisotopic (exact) mass is 367 g/mol. The number of hydrogen-bond donors (Lipinski definition) is 2. The highest BCUT2D eigenvalue weighted by Crippen LogP contribution is 2.24. The summed E-state index contributed by atoms with van der Waals surface area (Å²) in [6.45, 7) is 0. The van der Waals surface area contributed by atoms with E-state index in [1.54, 1.807) is 18.5 Å². The number of nitrogens with zero attached hydrogens (tertiary/aromatic N) is 3. The predicted molar refractivity (Wildman–Crippen MR) is 97.8 cm³/mol. The molecule has 3 aromatic heterocycles. The van der Waals surface area contributed by atoms with E-state index in [1.807, 2.05) is 30.5 Å². The number of aromatic amines is 1. The van der Waals surface area contributed by atoms with Gasteiger partial charge in [0.05, 0.1) is 6.20 Å². The van der Waals surface area contributed by atoms with E-state index in [-0.39, 0.29) is 17.5 Å². The number of rotatable bonds is 5. The lowest BCUT2D eigenvalue weighted by molar-refractivity contribution is -0.116. The molecule has 0 saturated carbocycles. The van der Waals surface area contributed by atoms with Gasteiger partial charge in [0.25, 0.3) is 0 Å². The fraction of sp³-hybridized carbons (Fsp3) is 0.111. The zero-order valence-corrected chi connectivity index (χ0v) is 14.3. The van der Waals surface area contributed by atoms with Crippen molar-refractivity contribution in [2.24, 2.45) is 0 Å². The Bertz CT molecular complexity index is 1060. The molecule has 26 heavy (non-hydrogen) atoms. The van der Waals surface area contributed by atoms with Crippen molar-refractivity contribution in [2.45, 2.75) is 12.8 Å². The topological polar surface area (TPSA) is 96.7 Å². The average Bonchev–Trinajstić information content (AvgIpc) is 3.31. The second kappa shape index (κ2) is 6.97. The number of benzene rings is 1. The van der Waals surface area contributed by atoms with E-state index >= 15 is 0 Å². The van der Waals surface area contributed by atoms with Crippen molar-refractivity contribution in [3.05, 3.63) is 59.8 Å². The van der Waals surface area contributed by atoms with Crippen LogP contribution in [0.2, 0.25) is 5.15 Å². The fourth-order valence-corrected chi connectivity index (χ4v) is 2.80. The smallest absolute Gasteiger partial charge is 0.225 e. The summed E-state index contributed by atoms with van der Waals surface area (Å²) in [5.41, 5.74) is 2.04. The highest BCUT2D eigenvalue weighted by molar-refractivity contribution is 6.29. The molecule has 130 valence electrons. The lowest BCUT2D eigenvalue weighted by Crippen LogP contribution is -2.13. The molecule has 0 radical (unpaired) electrons. The Morgan fingerprint density at radius 2 is 2.08 bits per heavy atom. The molecule has 4 aromatic rings. The van der Waals surface area contributed by atoms with E-state index in [0.29, 0.717) is 18.0 Å². The van der Waals surface area contributed by atoms with E-state index in [1.165, 1.54) is 0 Å². The van der Waals surface area contributed by atoms with E-state index < -0.39 is 0 Å². The van der Waals surface area contributed by atoms with Crippen LogP contribution < -0.4 is 5.32 Å². The lowest BCUT2D eigenvalue weighted by atomic mass is 10.1. The minimum absolute atomic E-state index is 0.157. The van der Waals surface area contributed by atoms with Crippen molar-refractivity contribution >= 4 is 34.1 Å². The number of carbonyl (C=O) groups is 1. The molecule has 0 aliphatic rings. The van der Waals surface area contributed by atoms with Crippen molar-refractivity contribution in [2.75, 3.05) is 5.32 Å². The zero-order chi connectivity index (χ0) is 17.9. The van der Waals surface area contributed by atoms with Gasteiger partial charge < -0.3 is 9.84 Å². The van der Waals surface area contributed by atoms with E-state index in [0.717, 1.165) is 21.9 Å². The van der Waals surface area contributed by atoms with Gasteiger partial charge in [0.15, 0.2) is 5.15 Å². The van der Waals surface area contributed by atoms with Gasteiger partial charge >= 0.3 is 0 Å². The number of fused-ring (bicyclic) bond motifs is 1. The van der Waals surface area contributed by atoms with Crippen LogP contribution in [0, 0.1) is 0 Å². The van der Waals surface area contributed by atoms with Crippen LogP contribution in [0.4, 0.5) is 5.82 Å². The number of nitrogens with one attached hydrogen (secondary N) is 2. The van der Waals surface area contributed by atoms with Crippen LogP contribution in [0.1, 0.15) is 12.2 Å². The van der Waals surface area contributed by atoms with Crippen LogP contribution in [-0.2, 0) is 11.2 Å². The molecule has 0 fully saturated rings. The summed E-state index contributed by atoms with van der Waals surface area (Å²) in [6, 6.07) is 9.48. The minimum Gasteiger partial charge on any atom is -0.360 e. The molecule has 0 aliphatic carbocycles. The van der Waals surface area contributed by atoms with Crippen LogP contribution in [0.5, 0.6) is 0 Å². The molecule has 1 aromatic carbocycles. The zero-order valence-electron chi connectivity index (χ0n) is 13.6. The Hall–Kier alpha value is -3.19. The number of H-pyrrole nitrogens is 1. The van der Waals surface area contributed by atoms with Gasteiger partial charge in [-0.15, -0.1) is 0 Å². The van der Waals surface area contributed by atoms with Crippen molar-refractivity contribution in [1.29, 1.82) is 0 Å². The number of aryl methyl sites for hydroxylation is 1. The molecule has 4 rings (SSSR count). The molecule has 8 heteroatoms. The highest BCUT2D eigenvalue weighted by atomic mass is 35.5. The molecule has 0 spiro atoms. The normalized spacial score (nSPS) is 11.0. The number of halogens is 1. The molecule has 2 N–H and O–H groups in total. The second-order valence-corrected chi connectivity index (χ2v) is 6.17. The molecule has 3 heterocycles. The Kier molecular flexibility index (Phi) is 4.37. The molecule has 0 unspecified atom stereocenters. The van der Waals surface area contributed by atoms with Gasteiger partial charge in [-0.3, -0.25) is 9.89 Å². The van der Waals surface area contributed by atoms with Gasteiger partial charge in [-0.25, -0.2) is 4.98 Å². The van der Waals surface area contributed by atoms with E-state index in [4.69, 9.17) is 16.1 Å². The molecule has 0 aliphatic heterocycles. The Balaban J connectivity index is 1.48. The number of hydrogen-bond acceptors (Lipinski definition) is 5. The van der Waals surface area contributed by atoms with Crippen molar-refractivity contribution in [3.8, 4) is 11.1 Å². The number of carbonyl (C=O) groups excluding carboxylic acids is 1. The summed E-state index contributed by atoms with van der Waals surface area (Å²) >= 11 is 5.69. The predicted octanol–water partition coefficient (Wildman–Crippen LogP) is 3.84. The van der Waals surface area contributed by atoms with Gasteiger partial charge in [-0.1, -0.05) is 28.9 Å². The van der Waals surface area contributed by atoms with Gasteiger partial charge in [-0.2, -0.15) is 5.10 Å². The Morgan fingerprint density at radius 3 is 2.85 bits per heavy atom. The summed E-state index contributed by atoms with van der Waals surface area (Å²) in [4.78, 5) is 16.4. The molecule has 0 saturated heterocycles. The van der Waals surface area contributed by atoms with Crippen LogP contribution >= 0.6 is 11.6 Å². The maximum Gasteiger partial charge on any atom is 0.225 e. The quantitative estimate of drug-likeness (QED) is 0.558. The van der Waals surface area contributed by atoms with Crippen LogP contribution in [0.3, 0.4) is 0 Å². The second-order valence-electron chi connectivity index (χ2n) is 5.78. The van der Waals surface area contributed by atoms with Crippen molar-refractivity contribution < 1.29 is 9.32 Å². The molecule has 1 amide bonds. The average molecular weight is 368 g/mol. The summed E-state index contributed by atoms with van der Waals surface area (Å²) in [6.07, 6.45) is 6.01. The third-order valence-electron chi connectivity index (χ3n) is 3.95. The van der Waals surface area contributed by atoms with Gasteiger partial charge in [0, 0.05) is 42.3 Å². The third-order valence-corrected chi connectivity index (χ3v) is 4.13. The fourth-order valence-electron chi connectivity index (χ4n) is 2.65. The molecular formula is C18H14ClN5O2. The van der Waals surface area contributed by atoms with Gasteiger partial charge in [0.1, 0.15) is 11.6 Å². The molecule has 0 bridgehead atoms. The number of pyridine rings is 1. The van der Waals surface area contributed by atoms with Gasteiger partial charge in [0.2, 0.25) is 5.91 Å². The van der Waals surface area contributed by atoms with Crippen LogP contribution in [-0.4, -0.2) is 26.2 Å². The molecular weight excluding hydrogens is 354 g/mol. The minimum atomic E-state index is -0.157. The SMILES string of the molecule is O=C(CCc1cc(Cl)no1)Nc1cc2cc(-c3cn[nH]c3)ccc2cn1. The molecule has 0 atom stereocenters. The summed E-state index contributed by atoms with van der Waals surface area (Å²) in [5, 5.41) is 15.4. The Morgan fingerprint density at radius 1 is 1.15 bits per heavy atom. The maximum absolute atomic E-state index is 12.1. The first-order valence-electron chi connectivity index (χ1n) is 7.97. The first-order valence-corrected chi connectivity index (χ1v) is 8.35.